The Labute approximate surface area is 179 Å². The Kier molecular flexibility index (Phi) is 8.04. The van der Waals surface area contributed by atoms with Crippen molar-refractivity contribution >= 4 is 29.0 Å². The number of carbonyl (C=O) groups is 1. The predicted octanol–water partition coefficient (Wildman–Crippen LogP) is 5.24. The highest BCUT2D eigenvalue weighted by Gasteiger charge is 2.11. The fourth-order valence-electron chi connectivity index (χ4n) is 3.57. The summed E-state index contributed by atoms with van der Waals surface area (Å²) in [7, 11) is 0. The van der Waals surface area contributed by atoms with Crippen molar-refractivity contribution in [2.24, 2.45) is 5.73 Å². The van der Waals surface area contributed by atoms with Crippen LogP contribution in [0.5, 0.6) is 0 Å². The molecule has 4 nitrogen and oxygen atoms in total. The molecule has 30 heavy (non-hydrogen) atoms. The van der Waals surface area contributed by atoms with Gasteiger partial charge in [0.05, 0.1) is 0 Å². The number of nitrogens with one attached hydrogen (secondary N) is 1. The lowest BCUT2D eigenvalue weighted by Crippen LogP contribution is -2.32. The molecule has 0 saturated carbocycles. The van der Waals surface area contributed by atoms with E-state index in [-0.39, 0.29) is 5.91 Å². The number of fused-ring (bicyclic) bond motifs is 1. The van der Waals surface area contributed by atoms with Crippen LogP contribution in [0.3, 0.4) is 0 Å². The van der Waals surface area contributed by atoms with Crippen molar-refractivity contribution in [2.75, 3.05) is 19.6 Å². The number of nitrogens with two attached hydrogens (primary N) is 1. The molecule has 0 fully saturated rings. The van der Waals surface area contributed by atoms with E-state index < -0.39 is 0 Å². The molecule has 1 amide bonds. The van der Waals surface area contributed by atoms with Crippen molar-refractivity contribution in [2.45, 2.75) is 26.2 Å². The zero-order chi connectivity index (χ0) is 21.2. The van der Waals surface area contributed by atoms with E-state index in [9.17, 15) is 4.79 Å². The minimum atomic E-state index is 0.0360. The van der Waals surface area contributed by atoms with Gasteiger partial charge in [0, 0.05) is 36.3 Å². The number of para-hydroxylation sites is 1. The van der Waals surface area contributed by atoms with Gasteiger partial charge in [-0.25, -0.2) is 0 Å². The molecule has 0 bridgehead atoms. The second-order valence-electron chi connectivity index (χ2n) is 7.63. The molecular weight excluding hydrogens is 370 g/mol. The first-order valence-corrected chi connectivity index (χ1v) is 10.6. The number of hydrogen-bond acceptors (Lipinski definition) is 2. The number of aromatic nitrogens is 1. The van der Waals surface area contributed by atoms with Gasteiger partial charge in [0.1, 0.15) is 0 Å². The summed E-state index contributed by atoms with van der Waals surface area (Å²) < 4.78 is 0. The summed E-state index contributed by atoms with van der Waals surface area (Å²) >= 11 is 0. The highest BCUT2D eigenvalue weighted by Crippen LogP contribution is 2.19. The van der Waals surface area contributed by atoms with Crippen LogP contribution < -0.4 is 5.73 Å². The van der Waals surface area contributed by atoms with Gasteiger partial charge in [-0.15, -0.1) is 0 Å². The molecule has 4 heteroatoms. The summed E-state index contributed by atoms with van der Waals surface area (Å²) in [5.41, 5.74) is 10.0. The number of amides is 1. The molecule has 0 unspecified atom stereocenters. The van der Waals surface area contributed by atoms with Crippen LogP contribution in [0.1, 0.15) is 37.3 Å². The molecule has 0 aliphatic heterocycles. The number of benzene rings is 2. The van der Waals surface area contributed by atoms with Crippen LogP contribution in [0, 0.1) is 0 Å². The maximum absolute atomic E-state index is 13.0. The Hall–Kier alpha value is -3.11. The third kappa shape index (κ3) is 6.19. The largest absolute Gasteiger partial charge is 0.361 e. The van der Waals surface area contributed by atoms with Gasteiger partial charge in [-0.1, -0.05) is 66.6 Å². The van der Waals surface area contributed by atoms with Gasteiger partial charge in [0.2, 0.25) is 5.91 Å². The lowest BCUT2D eigenvalue weighted by molar-refractivity contribution is -0.125. The third-order valence-electron chi connectivity index (χ3n) is 5.12. The van der Waals surface area contributed by atoms with Crippen molar-refractivity contribution in [3.05, 3.63) is 83.6 Å². The molecule has 3 rings (SSSR count). The van der Waals surface area contributed by atoms with E-state index in [1.54, 1.807) is 6.08 Å². The minimum absolute atomic E-state index is 0.0360. The molecule has 1 aromatic heterocycles. The number of H-pyrrole nitrogens is 1. The highest BCUT2D eigenvalue weighted by molar-refractivity contribution is 5.96. The lowest BCUT2D eigenvalue weighted by atomic mass is 10.1. The standard InChI is InChI=1S/C26H31N3O/c1-21(18-22-10-4-2-5-11-22)20-29(17-9-3-8-16-27)26(30)15-14-23-19-28-25-13-7-6-12-24(23)25/h2,4-7,10-15,18-19,28H,3,8-9,16-17,20,27H2,1H3/b15-14+,21-18-. The van der Waals surface area contributed by atoms with E-state index in [2.05, 4.69) is 36.2 Å². The second kappa shape index (κ2) is 11.2. The van der Waals surface area contributed by atoms with Crippen molar-refractivity contribution in [3.8, 4) is 0 Å². The van der Waals surface area contributed by atoms with Gasteiger partial charge < -0.3 is 15.6 Å². The van der Waals surface area contributed by atoms with E-state index in [0.29, 0.717) is 13.1 Å². The smallest absolute Gasteiger partial charge is 0.246 e. The normalized spacial score (nSPS) is 12.0. The summed E-state index contributed by atoms with van der Waals surface area (Å²) in [6.45, 7) is 4.13. The van der Waals surface area contributed by atoms with Crippen LogP contribution in [-0.2, 0) is 4.79 Å². The number of nitrogens with zero attached hydrogens (tertiary/aromatic N) is 1. The zero-order valence-corrected chi connectivity index (χ0v) is 17.7. The number of unbranched alkanes of at least 4 members (excludes halogenated alkanes) is 2. The number of aromatic amines is 1. The van der Waals surface area contributed by atoms with Crippen LogP contribution in [-0.4, -0.2) is 35.4 Å². The second-order valence-corrected chi connectivity index (χ2v) is 7.63. The first-order chi connectivity index (χ1) is 14.7. The Morgan fingerprint density at radius 3 is 2.60 bits per heavy atom. The third-order valence-corrected chi connectivity index (χ3v) is 5.12. The van der Waals surface area contributed by atoms with E-state index in [1.165, 1.54) is 0 Å². The first-order valence-electron chi connectivity index (χ1n) is 10.6. The minimum Gasteiger partial charge on any atom is -0.361 e. The van der Waals surface area contributed by atoms with Gasteiger partial charge in [0.25, 0.3) is 0 Å². The Morgan fingerprint density at radius 2 is 1.80 bits per heavy atom. The zero-order valence-electron chi connectivity index (χ0n) is 17.7. The van der Waals surface area contributed by atoms with Crippen LogP contribution >= 0.6 is 0 Å². The molecule has 1 heterocycles. The van der Waals surface area contributed by atoms with E-state index in [0.717, 1.165) is 53.4 Å². The van der Waals surface area contributed by atoms with Gasteiger partial charge in [-0.05, 0) is 49.6 Å². The van der Waals surface area contributed by atoms with E-state index in [1.807, 2.05) is 53.6 Å². The Bertz CT molecular complexity index is 1000. The molecule has 2 aromatic carbocycles. The monoisotopic (exact) mass is 401 g/mol. The highest BCUT2D eigenvalue weighted by atomic mass is 16.2. The average molecular weight is 402 g/mol. The van der Waals surface area contributed by atoms with Gasteiger partial charge in [-0.2, -0.15) is 0 Å². The molecule has 0 radical (unpaired) electrons. The van der Waals surface area contributed by atoms with Crippen LogP contribution in [0.4, 0.5) is 0 Å². The molecule has 3 N–H and O–H groups in total. The summed E-state index contributed by atoms with van der Waals surface area (Å²) in [6, 6.07) is 18.3. The molecule has 0 aliphatic carbocycles. The molecule has 0 atom stereocenters. The Morgan fingerprint density at radius 1 is 1.03 bits per heavy atom. The number of rotatable bonds is 10. The van der Waals surface area contributed by atoms with Gasteiger partial charge in [-0.3, -0.25) is 4.79 Å². The molecule has 0 spiro atoms. The topological polar surface area (TPSA) is 62.1 Å². The summed E-state index contributed by atoms with van der Waals surface area (Å²) in [4.78, 5) is 18.2. The molecular formula is C26H31N3O. The van der Waals surface area contributed by atoms with Gasteiger partial charge in [0.15, 0.2) is 0 Å². The predicted molar refractivity (Wildman–Crippen MR) is 127 cm³/mol. The van der Waals surface area contributed by atoms with Crippen molar-refractivity contribution in [3.63, 3.8) is 0 Å². The van der Waals surface area contributed by atoms with E-state index in [4.69, 9.17) is 5.73 Å². The Balaban J connectivity index is 1.71. The van der Waals surface area contributed by atoms with E-state index >= 15 is 0 Å². The summed E-state index contributed by atoms with van der Waals surface area (Å²) in [5, 5.41) is 1.12. The molecule has 3 aromatic rings. The summed E-state index contributed by atoms with van der Waals surface area (Å²) in [6.07, 6.45) is 10.7. The molecule has 0 saturated heterocycles. The van der Waals surface area contributed by atoms with Crippen LogP contribution in [0.2, 0.25) is 0 Å². The fraction of sp³-hybridized carbons (Fsp3) is 0.269. The average Bonchev–Trinajstić information content (AvgIpc) is 3.18. The van der Waals surface area contributed by atoms with Crippen molar-refractivity contribution in [1.82, 2.24) is 9.88 Å². The fourth-order valence-corrected chi connectivity index (χ4v) is 3.57. The quantitative estimate of drug-likeness (QED) is 0.360. The SMILES string of the molecule is C/C(=C/c1ccccc1)CN(CCCCCN)C(=O)/C=C/c1c[nH]c2ccccc12. The molecule has 156 valence electrons. The maximum atomic E-state index is 13.0. The maximum Gasteiger partial charge on any atom is 0.246 e. The van der Waals surface area contributed by atoms with Crippen LogP contribution in [0.25, 0.3) is 23.1 Å². The number of carbonyl (C=O) groups excluding carboxylic acids is 1. The lowest BCUT2D eigenvalue weighted by Gasteiger charge is -2.22. The van der Waals surface area contributed by atoms with Crippen LogP contribution in [0.15, 0.2) is 72.4 Å². The first kappa shape index (κ1) is 21.6. The van der Waals surface area contributed by atoms with Gasteiger partial charge >= 0.3 is 0 Å². The van der Waals surface area contributed by atoms with Crippen molar-refractivity contribution in [1.29, 1.82) is 0 Å². The van der Waals surface area contributed by atoms with Crippen molar-refractivity contribution < 1.29 is 4.79 Å². The number of hydrogen-bond donors (Lipinski definition) is 2. The molecule has 0 aliphatic rings. The summed E-state index contributed by atoms with van der Waals surface area (Å²) in [5.74, 6) is 0.0360.